The normalized spacial score (nSPS) is 29.8. The highest BCUT2D eigenvalue weighted by Gasteiger charge is 2.79. The van der Waals surface area contributed by atoms with E-state index in [1.54, 1.807) is 17.1 Å². The zero-order valence-electron chi connectivity index (χ0n) is 22.1. The molecule has 3 aliphatic heterocycles. The van der Waals surface area contributed by atoms with Gasteiger partial charge in [0.2, 0.25) is 5.91 Å². The lowest BCUT2D eigenvalue weighted by Gasteiger charge is -2.37. The quantitative estimate of drug-likeness (QED) is 0.279. The summed E-state index contributed by atoms with van der Waals surface area (Å²) in [6.07, 6.45) is 5.38. The Hall–Kier alpha value is -2.97. The van der Waals surface area contributed by atoms with E-state index in [-0.39, 0.29) is 38.1 Å². The van der Waals surface area contributed by atoms with Crippen molar-refractivity contribution in [3.05, 3.63) is 54.6 Å². The fraction of sp³-hybridized carbons (Fsp3) is 0.552. The van der Waals surface area contributed by atoms with E-state index >= 15 is 0 Å². The van der Waals surface area contributed by atoms with Crippen molar-refractivity contribution in [1.82, 2.24) is 4.90 Å². The van der Waals surface area contributed by atoms with Gasteiger partial charge in [-0.15, -0.1) is 13.2 Å². The van der Waals surface area contributed by atoms with E-state index in [0.29, 0.717) is 25.7 Å². The van der Waals surface area contributed by atoms with Crippen LogP contribution in [0, 0.1) is 25.7 Å². The highest BCUT2D eigenvalue weighted by atomic mass is 16.6. The molecule has 1 N–H and O–H groups in total. The van der Waals surface area contributed by atoms with Crippen LogP contribution in [0.5, 0.6) is 0 Å². The third kappa shape index (κ3) is 4.10. The molecule has 0 radical (unpaired) electrons. The van der Waals surface area contributed by atoms with Crippen LogP contribution in [0.4, 0.5) is 5.69 Å². The average Bonchev–Trinajstić information content (AvgIpc) is 3.47. The first kappa shape index (κ1) is 27.1. The Balaban J connectivity index is 1.80. The molecule has 2 amide bonds. The van der Waals surface area contributed by atoms with Crippen molar-refractivity contribution in [2.45, 2.75) is 63.7 Å². The highest BCUT2D eigenvalue weighted by molar-refractivity contribution is 6.05. The van der Waals surface area contributed by atoms with Gasteiger partial charge in [-0.05, 0) is 50.7 Å². The van der Waals surface area contributed by atoms with Gasteiger partial charge < -0.3 is 24.4 Å². The summed E-state index contributed by atoms with van der Waals surface area (Å²) in [5.41, 5.74) is 0.580. The van der Waals surface area contributed by atoms with Crippen LogP contribution in [-0.2, 0) is 23.9 Å². The predicted molar refractivity (Wildman–Crippen MR) is 140 cm³/mol. The van der Waals surface area contributed by atoms with E-state index in [1.807, 2.05) is 39.0 Å². The van der Waals surface area contributed by atoms with Crippen LogP contribution in [0.1, 0.15) is 43.7 Å². The van der Waals surface area contributed by atoms with Crippen molar-refractivity contribution >= 4 is 23.5 Å². The van der Waals surface area contributed by atoms with Gasteiger partial charge in [-0.3, -0.25) is 14.4 Å². The Morgan fingerprint density at radius 2 is 1.95 bits per heavy atom. The number of ether oxygens (including phenoxy) is 2. The molecular formula is C29H38N2O6. The van der Waals surface area contributed by atoms with Gasteiger partial charge in [-0.1, -0.05) is 37.3 Å². The summed E-state index contributed by atoms with van der Waals surface area (Å²) in [7, 11) is 0. The van der Waals surface area contributed by atoms with E-state index in [9.17, 15) is 19.5 Å². The van der Waals surface area contributed by atoms with Gasteiger partial charge >= 0.3 is 5.97 Å². The van der Waals surface area contributed by atoms with Crippen LogP contribution >= 0.6 is 0 Å². The Morgan fingerprint density at radius 3 is 2.54 bits per heavy atom. The first-order chi connectivity index (χ1) is 17.7. The SMILES string of the molecule is C=CCCOC(=O)[C@@H]1[C@H]2C(=O)N(CCO)C(C(=O)N(CC=C)c3c(C)cccc3C)C23CC[C@@]1(CC)O3. The maximum absolute atomic E-state index is 14.5. The molecule has 2 bridgehead atoms. The van der Waals surface area contributed by atoms with E-state index in [4.69, 9.17) is 9.47 Å². The minimum atomic E-state index is -1.17. The summed E-state index contributed by atoms with van der Waals surface area (Å²) >= 11 is 0. The van der Waals surface area contributed by atoms with Gasteiger partial charge in [0.05, 0.1) is 24.7 Å². The maximum Gasteiger partial charge on any atom is 0.312 e. The summed E-state index contributed by atoms with van der Waals surface area (Å²) in [5, 5.41) is 9.86. The molecule has 3 fully saturated rings. The zero-order chi connectivity index (χ0) is 27.0. The first-order valence-corrected chi connectivity index (χ1v) is 13.1. The van der Waals surface area contributed by atoms with Crippen LogP contribution in [0.3, 0.4) is 0 Å². The number of aryl methyl sites for hydroxylation is 2. The van der Waals surface area contributed by atoms with Crippen molar-refractivity contribution < 1.29 is 29.0 Å². The number of hydrogen-bond acceptors (Lipinski definition) is 6. The largest absolute Gasteiger partial charge is 0.465 e. The number of aliphatic hydroxyl groups excluding tert-OH is 1. The molecule has 37 heavy (non-hydrogen) atoms. The number of para-hydroxylation sites is 1. The third-order valence-corrected chi connectivity index (χ3v) is 8.36. The van der Waals surface area contributed by atoms with Crippen molar-refractivity contribution in [1.29, 1.82) is 0 Å². The molecule has 200 valence electrons. The number of benzene rings is 1. The molecule has 8 heteroatoms. The van der Waals surface area contributed by atoms with Gasteiger partial charge in [-0.2, -0.15) is 0 Å². The fourth-order valence-electron chi connectivity index (χ4n) is 6.84. The molecule has 1 spiro atoms. The number of β-amino-alcohol motifs (C(OH)–C–C–N with tert-alkyl or cyclic N) is 1. The number of fused-ring (bicyclic) bond motifs is 1. The Morgan fingerprint density at radius 1 is 1.24 bits per heavy atom. The molecule has 3 saturated heterocycles. The topological polar surface area (TPSA) is 96.4 Å². The van der Waals surface area contributed by atoms with Crippen molar-refractivity contribution in [3.8, 4) is 0 Å². The maximum atomic E-state index is 14.5. The van der Waals surface area contributed by atoms with Gasteiger partial charge in [0.15, 0.2) is 0 Å². The van der Waals surface area contributed by atoms with Gasteiger partial charge in [0, 0.05) is 18.8 Å². The fourth-order valence-corrected chi connectivity index (χ4v) is 6.84. The number of rotatable bonds is 11. The summed E-state index contributed by atoms with van der Waals surface area (Å²) in [5.74, 6) is -2.77. The molecule has 4 rings (SSSR count). The number of esters is 1. The van der Waals surface area contributed by atoms with E-state index in [0.717, 1.165) is 16.8 Å². The monoisotopic (exact) mass is 510 g/mol. The van der Waals surface area contributed by atoms with Crippen LogP contribution in [-0.4, -0.2) is 71.3 Å². The van der Waals surface area contributed by atoms with Gasteiger partial charge in [0.25, 0.3) is 5.91 Å². The molecule has 0 aromatic heterocycles. The van der Waals surface area contributed by atoms with Crippen LogP contribution in [0.2, 0.25) is 0 Å². The lowest BCUT2D eigenvalue weighted by Crippen LogP contribution is -2.57. The Labute approximate surface area is 218 Å². The van der Waals surface area contributed by atoms with Crippen molar-refractivity contribution in [2.75, 3.05) is 31.2 Å². The average molecular weight is 511 g/mol. The van der Waals surface area contributed by atoms with Crippen LogP contribution < -0.4 is 4.90 Å². The number of amides is 2. The molecule has 8 nitrogen and oxygen atoms in total. The molecule has 3 aliphatic rings. The van der Waals surface area contributed by atoms with Crippen LogP contribution in [0.15, 0.2) is 43.5 Å². The molecule has 3 heterocycles. The molecule has 5 atom stereocenters. The molecule has 0 aliphatic carbocycles. The number of likely N-dealkylation sites (tertiary alicyclic amines) is 1. The number of carbonyl (C=O) groups is 3. The number of aliphatic hydroxyl groups is 1. The second kappa shape index (κ2) is 10.4. The zero-order valence-corrected chi connectivity index (χ0v) is 22.1. The lowest BCUT2D eigenvalue weighted by atomic mass is 9.65. The summed E-state index contributed by atoms with van der Waals surface area (Å²) < 4.78 is 12.3. The number of carbonyl (C=O) groups excluding carboxylic acids is 3. The Kier molecular flexibility index (Phi) is 7.62. The second-order valence-corrected chi connectivity index (χ2v) is 10.3. The van der Waals surface area contributed by atoms with Gasteiger partial charge in [-0.25, -0.2) is 0 Å². The third-order valence-electron chi connectivity index (χ3n) is 8.36. The second-order valence-electron chi connectivity index (χ2n) is 10.3. The molecule has 1 aromatic rings. The van der Waals surface area contributed by atoms with E-state index < -0.39 is 35.0 Å². The smallest absolute Gasteiger partial charge is 0.312 e. The summed E-state index contributed by atoms with van der Waals surface area (Å²) in [6.45, 7) is 13.4. The summed E-state index contributed by atoms with van der Waals surface area (Å²) in [6, 6.07) is 4.84. The highest BCUT2D eigenvalue weighted by Crippen LogP contribution is 2.64. The molecular weight excluding hydrogens is 472 g/mol. The van der Waals surface area contributed by atoms with E-state index in [1.165, 1.54) is 4.90 Å². The first-order valence-electron chi connectivity index (χ1n) is 13.1. The van der Waals surface area contributed by atoms with E-state index in [2.05, 4.69) is 13.2 Å². The Bertz CT molecular complexity index is 1080. The van der Waals surface area contributed by atoms with Gasteiger partial charge in [0.1, 0.15) is 17.6 Å². The number of hydrogen-bond donors (Lipinski definition) is 1. The lowest BCUT2D eigenvalue weighted by molar-refractivity contribution is -0.160. The molecule has 1 aromatic carbocycles. The number of nitrogens with zero attached hydrogens (tertiary/aromatic N) is 2. The summed E-state index contributed by atoms with van der Waals surface area (Å²) in [4.78, 5) is 44.9. The molecule has 2 unspecified atom stereocenters. The predicted octanol–water partition coefficient (Wildman–Crippen LogP) is 3.09. The molecule has 0 saturated carbocycles. The standard InChI is InChI=1S/C29H38N2O6/c1-6-9-18-36-27(35)22-21-25(33)31(16-17-32)24(29(21)14-13-28(22,8-3)37-29)26(34)30(15-7-2)23-19(4)11-10-12-20(23)5/h6-7,10-12,21-22,24,32H,1-2,8-9,13-18H2,3-5H3/t21-,22-,24?,28+,29?/m0/s1. The minimum Gasteiger partial charge on any atom is -0.465 e. The van der Waals surface area contributed by atoms with Crippen LogP contribution in [0.25, 0.3) is 0 Å². The van der Waals surface area contributed by atoms with Crippen molar-refractivity contribution in [2.24, 2.45) is 11.8 Å². The number of anilines is 1. The minimum absolute atomic E-state index is 0.0249. The van der Waals surface area contributed by atoms with Crippen molar-refractivity contribution in [3.63, 3.8) is 0 Å².